The third-order valence-electron chi connectivity index (χ3n) is 3.68. The zero-order chi connectivity index (χ0) is 19.4. The minimum absolute atomic E-state index is 0.0532. The average molecular weight is 390 g/mol. The van der Waals surface area contributed by atoms with Crippen molar-refractivity contribution in [3.8, 4) is 0 Å². The minimum Gasteiger partial charge on any atom is -0.330 e. The lowest BCUT2D eigenvalue weighted by atomic mass is 10.2. The lowest BCUT2D eigenvalue weighted by Gasteiger charge is -2.24. The van der Waals surface area contributed by atoms with Crippen molar-refractivity contribution in [3.63, 3.8) is 0 Å². The van der Waals surface area contributed by atoms with Gasteiger partial charge in [-0.15, -0.1) is 0 Å². The van der Waals surface area contributed by atoms with E-state index in [1.165, 1.54) is 0 Å². The highest BCUT2D eigenvalue weighted by molar-refractivity contribution is 7.89. The molecule has 9 heteroatoms. The summed E-state index contributed by atoms with van der Waals surface area (Å²) in [4.78, 5) is -0.973. The van der Waals surface area contributed by atoms with E-state index in [0.29, 0.717) is 17.7 Å². The molecule has 4 nitrogen and oxygen atoms in total. The first-order chi connectivity index (χ1) is 12.2. The molecule has 0 amide bonds. The molecular formula is C17H18F4N2O2S. The van der Waals surface area contributed by atoms with E-state index in [2.05, 4.69) is 0 Å². The van der Waals surface area contributed by atoms with E-state index < -0.39 is 32.5 Å². The van der Waals surface area contributed by atoms with Crippen molar-refractivity contribution < 1.29 is 26.0 Å². The van der Waals surface area contributed by atoms with E-state index in [1.807, 2.05) is 0 Å². The van der Waals surface area contributed by atoms with Crippen LogP contribution < -0.4 is 5.73 Å². The third-order valence-corrected chi connectivity index (χ3v) is 5.58. The summed E-state index contributed by atoms with van der Waals surface area (Å²) in [5.74, 6) is -1.16. The maximum atomic E-state index is 13.3. The van der Waals surface area contributed by atoms with Crippen molar-refractivity contribution >= 4 is 10.0 Å². The number of benzene rings is 2. The highest BCUT2D eigenvalue weighted by Crippen LogP contribution is 2.36. The van der Waals surface area contributed by atoms with Crippen LogP contribution in [0.1, 0.15) is 17.5 Å². The van der Waals surface area contributed by atoms with Crippen LogP contribution in [0.5, 0.6) is 0 Å². The summed E-state index contributed by atoms with van der Waals surface area (Å²) in [5, 5.41) is 0. The first kappa shape index (κ1) is 20.3. The first-order valence-corrected chi connectivity index (χ1v) is 9.21. The number of hydrogen-bond acceptors (Lipinski definition) is 3. The van der Waals surface area contributed by atoms with Crippen molar-refractivity contribution in [2.45, 2.75) is 24.0 Å². The summed E-state index contributed by atoms with van der Waals surface area (Å²) < 4.78 is 79.7. The molecule has 142 valence electrons. The van der Waals surface area contributed by atoms with E-state index in [-0.39, 0.29) is 32.1 Å². The van der Waals surface area contributed by atoms with Crippen LogP contribution in [0.3, 0.4) is 0 Å². The van der Waals surface area contributed by atoms with Crippen molar-refractivity contribution in [1.82, 2.24) is 4.31 Å². The maximum Gasteiger partial charge on any atom is 0.417 e. The van der Waals surface area contributed by atoms with Crippen LogP contribution >= 0.6 is 0 Å². The van der Waals surface area contributed by atoms with Crippen LogP contribution in [0.4, 0.5) is 17.6 Å². The van der Waals surface area contributed by atoms with Crippen LogP contribution in [0.15, 0.2) is 53.4 Å². The molecule has 0 aliphatic carbocycles. The topological polar surface area (TPSA) is 63.4 Å². The molecule has 0 fully saturated rings. The molecular weight excluding hydrogens is 372 g/mol. The van der Waals surface area contributed by atoms with Crippen LogP contribution in [0.25, 0.3) is 0 Å². The second-order valence-corrected chi connectivity index (χ2v) is 7.51. The molecule has 0 heterocycles. The SMILES string of the molecule is NCCCN(Cc1ccccc1)S(=O)(=O)c1ccc(F)cc1C(F)(F)F. The molecule has 0 saturated heterocycles. The summed E-state index contributed by atoms with van der Waals surface area (Å²) in [6.45, 7) is 0.0105. The Bertz CT molecular complexity index is 840. The molecule has 0 radical (unpaired) electrons. The van der Waals surface area contributed by atoms with Gasteiger partial charge in [0.2, 0.25) is 10.0 Å². The number of sulfonamides is 1. The fourth-order valence-corrected chi connectivity index (χ4v) is 4.09. The van der Waals surface area contributed by atoms with Gasteiger partial charge < -0.3 is 5.73 Å². The molecule has 0 bridgehead atoms. The Morgan fingerprint density at radius 3 is 2.27 bits per heavy atom. The van der Waals surface area contributed by atoms with Gasteiger partial charge >= 0.3 is 6.18 Å². The van der Waals surface area contributed by atoms with Gasteiger partial charge in [-0.3, -0.25) is 0 Å². The third kappa shape index (κ3) is 4.80. The number of hydrogen-bond donors (Lipinski definition) is 1. The average Bonchev–Trinajstić information content (AvgIpc) is 2.58. The first-order valence-electron chi connectivity index (χ1n) is 7.77. The van der Waals surface area contributed by atoms with Gasteiger partial charge in [0.1, 0.15) is 5.82 Å². The number of nitrogens with two attached hydrogens (primary N) is 1. The number of halogens is 4. The molecule has 0 saturated carbocycles. The van der Waals surface area contributed by atoms with Crippen molar-refractivity contribution in [3.05, 3.63) is 65.5 Å². The Morgan fingerprint density at radius 1 is 1.04 bits per heavy atom. The second-order valence-electron chi connectivity index (χ2n) is 5.60. The number of rotatable bonds is 7. The number of alkyl halides is 3. The molecule has 0 aliphatic heterocycles. The Morgan fingerprint density at radius 2 is 1.69 bits per heavy atom. The van der Waals surface area contributed by atoms with Gasteiger partial charge in [-0.05, 0) is 36.7 Å². The molecule has 0 spiro atoms. The lowest BCUT2D eigenvalue weighted by Crippen LogP contribution is -2.34. The normalized spacial score (nSPS) is 12.5. The summed E-state index contributed by atoms with van der Waals surface area (Å²) >= 11 is 0. The Kier molecular flexibility index (Phi) is 6.38. The summed E-state index contributed by atoms with van der Waals surface area (Å²) in [6, 6.07) is 10.0. The van der Waals surface area contributed by atoms with E-state index in [9.17, 15) is 26.0 Å². The van der Waals surface area contributed by atoms with Gasteiger partial charge in [0.05, 0.1) is 10.5 Å². The highest BCUT2D eigenvalue weighted by Gasteiger charge is 2.39. The van der Waals surface area contributed by atoms with Gasteiger partial charge in [-0.1, -0.05) is 30.3 Å². The van der Waals surface area contributed by atoms with Crippen LogP contribution in [0, 0.1) is 5.82 Å². The molecule has 0 aromatic heterocycles. The van der Waals surface area contributed by atoms with E-state index in [0.717, 1.165) is 4.31 Å². The highest BCUT2D eigenvalue weighted by atomic mass is 32.2. The van der Waals surface area contributed by atoms with Crippen LogP contribution in [0.2, 0.25) is 0 Å². The molecule has 0 aliphatic rings. The molecule has 0 unspecified atom stereocenters. The van der Waals surface area contributed by atoms with Crippen molar-refractivity contribution in [2.75, 3.05) is 13.1 Å². The summed E-state index contributed by atoms with van der Waals surface area (Å²) in [6.07, 6.45) is -4.73. The largest absolute Gasteiger partial charge is 0.417 e. The molecule has 2 N–H and O–H groups in total. The van der Waals surface area contributed by atoms with E-state index in [4.69, 9.17) is 5.73 Å². The second kappa shape index (κ2) is 8.15. The van der Waals surface area contributed by atoms with Gasteiger partial charge in [0, 0.05) is 13.1 Å². The van der Waals surface area contributed by atoms with Crippen LogP contribution in [-0.4, -0.2) is 25.8 Å². The summed E-state index contributed by atoms with van der Waals surface area (Å²) in [5.41, 5.74) is 4.51. The smallest absolute Gasteiger partial charge is 0.330 e. The van der Waals surface area contributed by atoms with Gasteiger partial charge in [-0.2, -0.15) is 17.5 Å². The minimum atomic E-state index is -5.00. The molecule has 26 heavy (non-hydrogen) atoms. The molecule has 2 rings (SSSR count). The zero-order valence-electron chi connectivity index (χ0n) is 13.7. The zero-order valence-corrected chi connectivity index (χ0v) is 14.5. The fraction of sp³-hybridized carbons (Fsp3) is 0.294. The van der Waals surface area contributed by atoms with Crippen molar-refractivity contribution in [2.24, 2.45) is 5.73 Å². The Hall–Kier alpha value is -1.97. The Balaban J connectivity index is 2.50. The van der Waals surface area contributed by atoms with Crippen LogP contribution in [-0.2, 0) is 22.7 Å². The van der Waals surface area contributed by atoms with Gasteiger partial charge in [0.25, 0.3) is 0 Å². The molecule has 2 aromatic rings. The molecule has 0 atom stereocenters. The molecule has 2 aromatic carbocycles. The number of nitrogens with zero attached hydrogens (tertiary/aromatic N) is 1. The monoisotopic (exact) mass is 390 g/mol. The van der Waals surface area contributed by atoms with E-state index >= 15 is 0 Å². The fourth-order valence-electron chi connectivity index (χ4n) is 2.43. The lowest BCUT2D eigenvalue weighted by molar-refractivity contribution is -0.140. The predicted octanol–water partition coefficient (Wildman–Crippen LogP) is 3.38. The van der Waals surface area contributed by atoms with Crippen molar-refractivity contribution in [1.29, 1.82) is 0 Å². The Labute approximate surface area is 149 Å². The van der Waals surface area contributed by atoms with Gasteiger partial charge in [0.15, 0.2) is 0 Å². The van der Waals surface area contributed by atoms with Gasteiger partial charge in [-0.25, -0.2) is 12.8 Å². The standard InChI is InChI=1S/C17H18F4N2O2S/c18-14-7-8-16(15(11-14)17(19,20)21)26(24,25)23(10-4-9-22)12-13-5-2-1-3-6-13/h1-3,5-8,11H,4,9-10,12,22H2. The van der Waals surface area contributed by atoms with E-state index in [1.54, 1.807) is 30.3 Å². The maximum absolute atomic E-state index is 13.3. The predicted molar refractivity (Wildman–Crippen MR) is 89.1 cm³/mol. The quantitative estimate of drug-likeness (QED) is 0.738. The summed E-state index contributed by atoms with van der Waals surface area (Å²) in [7, 11) is -4.51.